The zero-order valence-electron chi connectivity index (χ0n) is 6.95. The van der Waals surface area contributed by atoms with Gasteiger partial charge < -0.3 is 9.29 Å². The average Bonchev–Trinajstić information content (AvgIpc) is 2.06. The summed E-state index contributed by atoms with van der Waals surface area (Å²) >= 11 is 1.37. The highest BCUT2D eigenvalue weighted by atomic mass is 32.2. The summed E-state index contributed by atoms with van der Waals surface area (Å²) < 4.78 is 5.14. The van der Waals surface area contributed by atoms with E-state index in [0.29, 0.717) is 5.57 Å². The van der Waals surface area contributed by atoms with Gasteiger partial charge >= 0.3 is 5.97 Å². The summed E-state index contributed by atoms with van der Waals surface area (Å²) in [6.07, 6.45) is 3.78. The summed E-state index contributed by atoms with van der Waals surface area (Å²) in [5.74, 6) is -0.846. The minimum atomic E-state index is -0.846. The fraction of sp³-hybridized carbons (Fsp3) is 0.625. The van der Waals surface area contributed by atoms with Crippen LogP contribution in [0.3, 0.4) is 0 Å². The van der Waals surface area contributed by atoms with Gasteiger partial charge in [-0.15, -0.1) is 0 Å². The van der Waals surface area contributed by atoms with Gasteiger partial charge in [0, 0.05) is 10.8 Å². The van der Waals surface area contributed by atoms with Crippen LogP contribution in [0, 0.1) is 0 Å². The molecule has 68 valence electrons. The molecule has 1 atom stereocenters. The molecule has 0 spiro atoms. The van der Waals surface area contributed by atoms with Crippen LogP contribution in [0.2, 0.25) is 0 Å². The molecule has 0 aromatic carbocycles. The fourth-order valence-electron chi connectivity index (χ4n) is 0.988. The van der Waals surface area contributed by atoms with Gasteiger partial charge in [-0.05, 0) is 31.8 Å². The number of carboxylic acids is 1. The molecule has 1 fully saturated rings. The number of hydrogen-bond acceptors (Lipinski definition) is 3. The van der Waals surface area contributed by atoms with E-state index in [1.807, 2.05) is 0 Å². The molecule has 0 aliphatic carbocycles. The molecule has 0 radical (unpaired) electrons. The minimum absolute atomic E-state index is 0.217. The zero-order chi connectivity index (χ0) is 8.97. The van der Waals surface area contributed by atoms with Crippen molar-refractivity contribution >= 4 is 18.0 Å². The Kier molecular flexibility index (Phi) is 3.62. The first-order chi connectivity index (χ1) is 5.70. The maximum Gasteiger partial charge on any atom is 0.330 e. The second-order valence-electron chi connectivity index (χ2n) is 2.75. The Balaban J connectivity index is 2.47. The second kappa shape index (κ2) is 4.52. The van der Waals surface area contributed by atoms with Gasteiger partial charge in [0.05, 0.1) is 6.61 Å². The number of rotatable bonds is 2. The van der Waals surface area contributed by atoms with Crippen molar-refractivity contribution in [1.82, 2.24) is 0 Å². The zero-order valence-corrected chi connectivity index (χ0v) is 7.76. The van der Waals surface area contributed by atoms with E-state index in [9.17, 15) is 4.79 Å². The minimum Gasteiger partial charge on any atom is -0.478 e. The molecule has 4 heteroatoms. The molecule has 0 bridgehead atoms. The van der Waals surface area contributed by atoms with Gasteiger partial charge in [0.15, 0.2) is 0 Å². The normalized spacial score (nSPS) is 25.4. The highest BCUT2D eigenvalue weighted by Gasteiger charge is 2.14. The maximum atomic E-state index is 10.5. The molecular formula is C8H12O3S. The Bertz CT molecular complexity index is 194. The van der Waals surface area contributed by atoms with Gasteiger partial charge in [0.25, 0.3) is 0 Å². The Morgan fingerprint density at radius 3 is 3.00 bits per heavy atom. The monoisotopic (exact) mass is 188 g/mol. The van der Waals surface area contributed by atoms with E-state index in [2.05, 4.69) is 0 Å². The van der Waals surface area contributed by atoms with E-state index in [1.54, 1.807) is 13.0 Å². The van der Waals surface area contributed by atoms with Gasteiger partial charge in [-0.2, -0.15) is 0 Å². The van der Waals surface area contributed by atoms with Crippen LogP contribution in [0.5, 0.6) is 0 Å². The number of carboxylic acid groups (broad SMARTS) is 1. The van der Waals surface area contributed by atoms with Crippen LogP contribution in [-0.2, 0) is 8.98 Å². The summed E-state index contributed by atoms with van der Waals surface area (Å²) in [6, 6.07) is 0. The third-order valence-corrected chi connectivity index (χ3v) is 2.60. The van der Waals surface area contributed by atoms with Crippen LogP contribution < -0.4 is 0 Å². The van der Waals surface area contributed by atoms with Crippen molar-refractivity contribution in [2.45, 2.75) is 25.0 Å². The topological polar surface area (TPSA) is 46.5 Å². The lowest BCUT2D eigenvalue weighted by Gasteiger charge is -2.17. The molecule has 3 nitrogen and oxygen atoms in total. The predicted octanol–water partition coefficient (Wildman–Crippen LogP) is 1.84. The molecule has 1 heterocycles. The highest BCUT2D eigenvalue weighted by molar-refractivity contribution is 7.95. The van der Waals surface area contributed by atoms with E-state index in [1.165, 1.54) is 12.0 Å². The van der Waals surface area contributed by atoms with Crippen molar-refractivity contribution in [2.24, 2.45) is 0 Å². The van der Waals surface area contributed by atoms with Crippen molar-refractivity contribution in [3.05, 3.63) is 11.6 Å². The molecule has 1 N–H and O–H groups in total. The van der Waals surface area contributed by atoms with Crippen molar-refractivity contribution in [3.8, 4) is 0 Å². The molecule has 0 saturated carbocycles. The van der Waals surface area contributed by atoms with Gasteiger partial charge in [-0.3, -0.25) is 0 Å². The van der Waals surface area contributed by atoms with Crippen molar-refractivity contribution < 1.29 is 14.1 Å². The maximum absolute atomic E-state index is 10.5. The average molecular weight is 188 g/mol. The lowest BCUT2D eigenvalue weighted by atomic mass is 10.2. The molecule has 1 saturated heterocycles. The molecule has 12 heavy (non-hydrogen) atoms. The third-order valence-electron chi connectivity index (χ3n) is 1.68. The van der Waals surface area contributed by atoms with Gasteiger partial charge in [0.2, 0.25) is 0 Å². The van der Waals surface area contributed by atoms with E-state index in [-0.39, 0.29) is 5.25 Å². The lowest BCUT2D eigenvalue weighted by molar-refractivity contribution is -0.132. The lowest BCUT2D eigenvalue weighted by Crippen LogP contribution is -2.10. The molecule has 1 unspecified atom stereocenters. The van der Waals surface area contributed by atoms with E-state index < -0.39 is 5.97 Å². The van der Waals surface area contributed by atoms with Gasteiger partial charge in [-0.25, -0.2) is 4.79 Å². The largest absolute Gasteiger partial charge is 0.478 e. The van der Waals surface area contributed by atoms with Crippen LogP contribution in [0.1, 0.15) is 19.8 Å². The van der Waals surface area contributed by atoms with E-state index in [4.69, 9.17) is 9.29 Å². The van der Waals surface area contributed by atoms with E-state index >= 15 is 0 Å². The Morgan fingerprint density at radius 1 is 1.75 bits per heavy atom. The van der Waals surface area contributed by atoms with Crippen LogP contribution in [-0.4, -0.2) is 22.9 Å². The first kappa shape index (κ1) is 9.61. The smallest absolute Gasteiger partial charge is 0.330 e. The van der Waals surface area contributed by atoms with Crippen LogP contribution >= 0.6 is 12.0 Å². The summed E-state index contributed by atoms with van der Waals surface area (Å²) in [5.41, 5.74) is 0.401. The summed E-state index contributed by atoms with van der Waals surface area (Å²) in [4.78, 5) is 10.5. The van der Waals surface area contributed by atoms with Crippen molar-refractivity contribution in [3.63, 3.8) is 0 Å². The number of hydrogen-bond donors (Lipinski definition) is 1. The molecule has 0 amide bonds. The van der Waals surface area contributed by atoms with Crippen LogP contribution in [0.4, 0.5) is 0 Å². The summed E-state index contributed by atoms with van der Waals surface area (Å²) in [5, 5.41) is 8.81. The van der Waals surface area contributed by atoms with Crippen LogP contribution in [0.15, 0.2) is 11.6 Å². The molecule has 1 aliphatic heterocycles. The number of carbonyl (C=O) groups is 1. The van der Waals surface area contributed by atoms with E-state index in [0.717, 1.165) is 19.4 Å². The number of aliphatic carboxylic acids is 1. The second-order valence-corrected chi connectivity index (χ2v) is 3.79. The van der Waals surface area contributed by atoms with Crippen molar-refractivity contribution in [2.75, 3.05) is 6.61 Å². The Hall–Kier alpha value is -0.480. The molecular weight excluding hydrogens is 176 g/mol. The fourth-order valence-corrected chi connectivity index (χ4v) is 1.90. The molecule has 0 aromatic heterocycles. The summed E-state index contributed by atoms with van der Waals surface area (Å²) in [6.45, 7) is 2.39. The SMILES string of the molecule is CC(=CC1CCCOS1)C(=O)O. The summed E-state index contributed by atoms with van der Waals surface area (Å²) in [7, 11) is 0. The van der Waals surface area contributed by atoms with Crippen LogP contribution in [0.25, 0.3) is 0 Å². The highest BCUT2D eigenvalue weighted by Crippen LogP contribution is 2.25. The van der Waals surface area contributed by atoms with Gasteiger partial charge in [-0.1, -0.05) is 6.08 Å². The first-order valence-corrected chi connectivity index (χ1v) is 4.70. The standard InChI is InChI=1S/C8H12O3S/c1-6(8(9)10)5-7-3-2-4-11-12-7/h5,7H,2-4H2,1H3,(H,9,10). The molecule has 1 rings (SSSR count). The first-order valence-electron chi connectivity index (χ1n) is 3.90. The van der Waals surface area contributed by atoms with Gasteiger partial charge in [0.1, 0.15) is 0 Å². The quantitative estimate of drug-likeness (QED) is 0.530. The Labute approximate surface area is 76.0 Å². The predicted molar refractivity (Wildman–Crippen MR) is 48.0 cm³/mol. The Morgan fingerprint density at radius 2 is 2.50 bits per heavy atom. The third kappa shape index (κ3) is 2.87. The van der Waals surface area contributed by atoms with Crippen molar-refractivity contribution in [1.29, 1.82) is 0 Å². The molecule has 1 aliphatic rings. The molecule has 0 aromatic rings.